The minimum absolute atomic E-state index is 0.00512. The first kappa shape index (κ1) is 22.3. The third kappa shape index (κ3) is 4.02. The van der Waals surface area contributed by atoms with Gasteiger partial charge in [-0.15, -0.1) is 21.5 Å². The lowest BCUT2D eigenvalue weighted by atomic mass is 9.73. The number of aromatic nitrogens is 4. The molecule has 4 heterocycles. The molecule has 8 nitrogen and oxygen atoms in total. The quantitative estimate of drug-likeness (QED) is 0.546. The first-order chi connectivity index (χ1) is 16.9. The number of benzene rings is 1. The highest BCUT2D eigenvalue weighted by atomic mass is 32.1. The van der Waals surface area contributed by atoms with Crippen molar-refractivity contribution in [1.82, 2.24) is 25.5 Å². The van der Waals surface area contributed by atoms with E-state index in [-0.39, 0.29) is 17.8 Å². The molecule has 1 aromatic carbocycles. The number of nitrogens with one attached hydrogen (secondary N) is 1. The summed E-state index contributed by atoms with van der Waals surface area (Å²) >= 11 is 1.26. The highest BCUT2D eigenvalue weighted by molar-refractivity contribution is 7.10. The Labute approximate surface area is 206 Å². The van der Waals surface area contributed by atoms with Gasteiger partial charge in [-0.2, -0.15) is 5.26 Å². The lowest BCUT2D eigenvalue weighted by Crippen LogP contribution is -2.69. The summed E-state index contributed by atoms with van der Waals surface area (Å²) in [6, 6.07) is 7.48. The standard InChI is InChI=1S/C25H26FN7OS/c1-25-8-2-3-15(30-25)10-19(23(25)26)33(16-5-6-16)21-12-28-24(32-31-21)17-7-4-14(9-20(17)34)18-13-35-22(11-27)29-18/h4,7,9,12-13,15-16,19,23,30,34H,2-3,5-6,8,10H2,1H3/t15-,19-,23-,25+/m0/s1. The molecule has 0 unspecified atom stereocenters. The van der Waals surface area contributed by atoms with Gasteiger partial charge in [0, 0.05) is 28.6 Å². The molecule has 0 amide bonds. The normalized spacial score (nSPS) is 27.9. The molecule has 1 aliphatic carbocycles. The van der Waals surface area contributed by atoms with Gasteiger partial charge in [0.05, 0.1) is 23.5 Å². The fourth-order valence-electron chi connectivity index (χ4n) is 5.64. The first-order valence-electron chi connectivity index (χ1n) is 12.0. The van der Waals surface area contributed by atoms with Crippen LogP contribution in [-0.4, -0.2) is 55.1 Å². The van der Waals surface area contributed by atoms with Crippen LogP contribution < -0.4 is 10.2 Å². The van der Waals surface area contributed by atoms with Crippen molar-refractivity contribution in [3.05, 3.63) is 34.8 Å². The summed E-state index contributed by atoms with van der Waals surface area (Å²) in [5.74, 6) is 0.899. The van der Waals surface area contributed by atoms with E-state index in [1.54, 1.807) is 29.8 Å². The zero-order chi connectivity index (χ0) is 24.2. The molecule has 2 N–H and O–H groups in total. The maximum absolute atomic E-state index is 15.8. The maximum atomic E-state index is 15.8. The summed E-state index contributed by atoms with van der Waals surface area (Å²) in [4.78, 5) is 10.8. The summed E-state index contributed by atoms with van der Waals surface area (Å²) in [5.41, 5.74) is 1.28. The number of nitrogens with zero attached hydrogens (tertiary/aromatic N) is 6. The van der Waals surface area contributed by atoms with Crippen molar-refractivity contribution in [2.75, 3.05) is 4.90 Å². The number of phenols is 1. The number of fused-ring (bicyclic) bond motifs is 2. The third-order valence-electron chi connectivity index (χ3n) is 7.50. The van der Waals surface area contributed by atoms with Crippen molar-refractivity contribution < 1.29 is 9.50 Å². The predicted octanol–water partition coefficient (Wildman–Crippen LogP) is 4.22. The summed E-state index contributed by atoms with van der Waals surface area (Å²) < 4.78 is 15.8. The van der Waals surface area contributed by atoms with Crippen molar-refractivity contribution in [3.8, 4) is 34.5 Å². The highest BCUT2D eigenvalue weighted by Gasteiger charge is 2.52. The number of thiazole rings is 1. The van der Waals surface area contributed by atoms with E-state index in [0.29, 0.717) is 39.5 Å². The minimum atomic E-state index is -0.995. The molecular formula is C25H26FN7OS. The van der Waals surface area contributed by atoms with E-state index < -0.39 is 11.7 Å². The number of hydrogen-bond donors (Lipinski definition) is 2. The number of phenolic OH excluding ortho intramolecular Hbond substituents is 1. The van der Waals surface area contributed by atoms with Crippen LogP contribution >= 0.6 is 11.3 Å². The summed E-state index contributed by atoms with van der Waals surface area (Å²) in [6.07, 6.45) is 6.44. The van der Waals surface area contributed by atoms with Gasteiger partial charge < -0.3 is 15.3 Å². The number of anilines is 1. The molecule has 2 bridgehead atoms. The van der Waals surface area contributed by atoms with Crippen LogP contribution in [-0.2, 0) is 0 Å². The molecule has 10 heteroatoms. The number of halogens is 1. The van der Waals surface area contributed by atoms with Gasteiger partial charge in [-0.05, 0) is 57.6 Å². The van der Waals surface area contributed by atoms with Gasteiger partial charge in [-0.3, -0.25) is 0 Å². The topological polar surface area (TPSA) is 111 Å². The molecule has 3 aliphatic rings. The van der Waals surface area contributed by atoms with Crippen LogP contribution in [0.5, 0.6) is 5.75 Å². The van der Waals surface area contributed by atoms with Crippen molar-refractivity contribution in [2.24, 2.45) is 0 Å². The zero-order valence-electron chi connectivity index (χ0n) is 19.4. The van der Waals surface area contributed by atoms with Crippen LogP contribution in [0.15, 0.2) is 29.8 Å². The molecule has 2 aliphatic heterocycles. The van der Waals surface area contributed by atoms with Gasteiger partial charge >= 0.3 is 0 Å². The Morgan fingerprint density at radius 3 is 2.83 bits per heavy atom. The molecule has 1 saturated carbocycles. The van der Waals surface area contributed by atoms with Crippen LogP contribution in [0, 0.1) is 11.3 Å². The summed E-state index contributed by atoms with van der Waals surface area (Å²) in [6.45, 7) is 2.01. The van der Waals surface area contributed by atoms with E-state index in [2.05, 4.69) is 30.4 Å². The Morgan fingerprint density at radius 1 is 1.29 bits per heavy atom. The fourth-order valence-corrected chi connectivity index (χ4v) is 6.26. The number of rotatable bonds is 5. The molecule has 0 spiro atoms. The van der Waals surface area contributed by atoms with E-state index in [1.807, 2.05) is 13.0 Å². The van der Waals surface area contributed by atoms with Gasteiger partial charge in [0.25, 0.3) is 0 Å². The number of aromatic hydroxyl groups is 1. The molecule has 2 aromatic heterocycles. The van der Waals surface area contributed by atoms with Gasteiger partial charge in [0.15, 0.2) is 16.6 Å². The Balaban J connectivity index is 1.26. The second-order valence-electron chi connectivity index (χ2n) is 10.0. The lowest BCUT2D eigenvalue weighted by molar-refractivity contribution is 0.0385. The average Bonchev–Trinajstić information content (AvgIpc) is 3.57. The molecule has 2 saturated heterocycles. The largest absolute Gasteiger partial charge is 0.507 e. The zero-order valence-corrected chi connectivity index (χ0v) is 20.2. The summed E-state index contributed by atoms with van der Waals surface area (Å²) in [5, 5.41) is 34.1. The molecule has 35 heavy (non-hydrogen) atoms. The van der Waals surface area contributed by atoms with E-state index in [1.165, 1.54) is 11.3 Å². The minimum Gasteiger partial charge on any atom is -0.507 e. The van der Waals surface area contributed by atoms with Crippen LogP contribution in [0.1, 0.15) is 50.5 Å². The predicted molar refractivity (Wildman–Crippen MR) is 131 cm³/mol. The molecule has 180 valence electrons. The molecule has 3 fully saturated rings. The van der Waals surface area contributed by atoms with E-state index in [9.17, 15) is 5.11 Å². The number of piperidine rings is 2. The third-order valence-corrected chi connectivity index (χ3v) is 8.25. The molecular weight excluding hydrogens is 465 g/mol. The molecule has 4 atom stereocenters. The van der Waals surface area contributed by atoms with E-state index in [4.69, 9.17) is 5.26 Å². The molecule has 0 radical (unpaired) electrons. The molecule has 6 rings (SSSR count). The Hall–Kier alpha value is -3.16. The van der Waals surface area contributed by atoms with Gasteiger partial charge in [-0.25, -0.2) is 14.4 Å². The van der Waals surface area contributed by atoms with E-state index in [0.717, 1.165) is 38.5 Å². The van der Waals surface area contributed by atoms with Gasteiger partial charge in [0.2, 0.25) is 0 Å². The van der Waals surface area contributed by atoms with Gasteiger partial charge in [-0.1, -0.05) is 6.07 Å². The molecule has 3 aromatic rings. The van der Waals surface area contributed by atoms with Crippen LogP contribution in [0.3, 0.4) is 0 Å². The maximum Gasteiger partial charge on any atom is 0.194 e. The smallest absolute Gasteiger partial charge is 0.194 e. The average molecular weight is 492 g/mol. The van der Waals surface area contributed by atoms with Crippen LogP contribution in [0.4, 0.5) is 10.2 Å². The van der Waals surface area contributed by atoms with Crippen molar-refractivity contribution in [1.29, 1.82) is 5.26 Å². The van der Waals surface area contributed by atoms with Crippen molar-refractivity contribution in [3.63, 3.8) is 0 Å². The number of alkyl halides is 1. The van der Waals surface area contributed by atoms with Gasteiger partial charge in [0.1, 0.15) is 18.0 Å². The highest BCUT2D eigenvalue weighted by Crippen LogP contribution is 2.43. The van der Waals surface area contributed by atoms with Crippen molar-refractivity contribution in [2.45, 2.75) is 75.3 Å². The SMILES string of the molecule is C[C@@]12CCC[C@@H](C[C@H](N(c3cnc(-c4ccc(-c5csc(C#N)n5)cc4O)nn3)C3CC3)[C@@H]1F)N2. The monoisotopic (exact) mass is 491 g/mol. The first-order valence-corrected chi connectivity index (χ1v) is 12.9. The summed E-state index contributed by atoms with van der Waals surface area (Å²) in [7, 11) is 0. The Kier molecular flexibility index (Phi) is 5.42. The van der Waals surface area contributed by atoms with Crippen LogP contribution in [0.2, 0.25) is 0 Å². The second kappa shape index (κ2) is 8.50. The van der Waals surface area contributed by atoms with Crippen LogP contribution in [0.25, 0.3) is 22.6 Å². The second-order valence-corrected chi connectivity index (χ2v) is 10.9. The van der Waals surface area contributed by atoms with Crippen molar-refractivity contribution >= 4 is 17.2 Å². The Bertz CT molecular complexity index is 1290. The number of nitriles is 1. The lowest BCUT2D eigenvalue weighted by Gasteiger charge is -2.52. The Morgan fingerprint density at radius 2 is 2.14 bits per heavy atom. The fraction of sp³-hybridized carbons (Fsp3) is 0.480. The van der Waals surface area contributed by atoms with E-state index >= 15 is 4.39 Å². The number of hydrogen-bond acceptors (Lipinski definition) is 9.